The quantitative estimate of drug-likeness (QED) is 0.468. The van der Waals surface area contributed by atoms with Gasteiger partial charge in [0.25, 0.3) is 0 Å². The van der Waals surface area contributed by atoms with Crippen LogP contribution in [-0.4, -0.2) is 9.97 Å². The average Bonchev–Trinajstić information content (AvgIpc) is 2.02. The second-order valence-corrected chi connectivity index (χ2v) is 4.15. The second-order valence-electron chi connectivity index (χ2n) is 3.79. The lowest BCUT2D eigenvalue weighted by Gasteiger charge is -2.16. The molecule has 0 aliphatic heterocycles. The molecular formula is C10H11ClN2. The molecule has 0 N–H and O–H groups in total. The molecule has 0 atom stereocenters. The Kier molecular flexibility index (Phi) is 2.58. The minimum Gasteiger partial charge on any atom is -0.239 e. The van der Waals surface area contributed by atoms with Gasteiger partial charge in [0.05, 0.1) is 5.56 Å². The van der Waals surface area contributed by atoms with Crippen molar-refractivity contribution >= 4 is 11.6 Å². The molecule has 0 spiro atoms. The highest BCUT2D eigenvalue weighted by Crippen LogP contribution is 2.20. The lowest BCUT2D eigenvalue weighted by atomic mass is 9.96. The molecule has 0 saturated carbocycles. The predicted molar refractivity (Wildman–Crippen MR) is 53.7 cm³/mol. The molecule has 0 aliphatic carbocycles. The van der Waals surface area contributed by atoms with Gasteiger partial charge in [-0.05, 0) is 0 Å². The van der Waals surface area contributed by atoms with Crippen LogP contribution in [0.4, 0.5) is 0 Å². The van der Waals surface area contributed by atoms with E-state index in [1.807, 2.05) is 20.8 Å². The van der Waals surface area contributed by atoms with Gasteiger partial charge in [0.2, 0.25) is 0 Å². The van der Waals surface area contributed by atoms with Crippen LogP contribution >= 0.6 is 11.6 Å². The van der Waals surface area contributed by atoms with Crippen LogP contribution in [-0.2, 0) is 5.41 Å². The minimum atomic E-state index is -0.100. The molecule has 1 aromatic heterocycles. The molecule has 0 radical (unpaired) electrons. The van der Waals surface area contributed by atoms with E-state index in [-0.39, 0.29) is 5.41 Å². The van der Waals surface area contributed by atoms with Gasteiger partial charge in [0, 0.05) is 11.6 Å². The van der Waals surface area contributed by atoms with Gasteiger partial charge in [0.1, 0.15) is 11.0 Å². The molecule has 2 nitrogen and oxygen atoms in total. The van der Waals surface area contributed by atoms with Gasteiger partial charge >= 0.3 is 0 Å². The van der Waals surface area contributed by atoms with Crippen molar-refractivity contribution in [3.63, 3.8) is 0 Å². The summed E-state index contributed by atoms with van der Waals surface area (Å²) in [7, 11) is 0. The highest BCUT2D eigenvalue weighted by atomic mass is 35.5. The number of halogens is 1. The van der Waals surface area contributed by atoms with Crippen molar-refractivity contribution < 1.29 is 0 Å². The zero-order chi connectivity index (χ0) is 10.1. The molecule has 68 valence electrons. The van der Waals surface area contributed by atoms with E-state index in [9.17, 15) is 0 Å². The summed E-state index contributed by atoms with van der Waals surface area (Å²) in [6, 6.07) is 0. The van der Waals surface area contributed by atoms with Gasteiger partial charge in [0.15, 0.2) is 0 Å². The fourth-order valence-corrected chi connectivity index (χ4v) is 1.00. The molecule has 1 aromatic rings. The molecule has 0 saturated heterocycles. The number of hydrogen-bond acceptors (Lipinski definition) is 2. The van der Waals surface area contributed by atoms with Gasteiger partial charge in [-0.3, -0.25) is 0 Å². The van der Waals surface area contributed by atoms with Crippen LogP contribution in [0, 0.1) is 12.3 Å². The summed E-state index contributed by atoms with van der Waals surface area (Å²) in [5.74, 6) is 3.12. The van der Waals surface area contributed by atoms with Crippen LogP contribution < -0.4 is 0 Å². The molecule has 0 unspecified atom stereocenters. The molecule has 0 bridgehead atoms. The highest BCUT2D eigenvalue weighted by molar-refractivity contribution is 6.30. The first-order valence-corrected chi connectivity index (χ1v) is 4.32. The third-order valence-electron chi connectivity index (χ3n) is 1.57. The van der Waals surface area contributed by atoms with Crippen LogP contribution in [0.5, 0.6) is 0 Å². The lowest BCUT2D eigenvalue weighted by molar-refractivity contribution is 0.545. The van der Waals surface area contributed by atoms with Crippen LogP contribution in [0.2, 0.25) is 5.15 Å². The van der Waals surface area contributed by atoms with Crippen LogP contribution in [0.3, 0.4) is 0 Å². The molecule has 0 fully saturated rings. The molecule has 1 rings (SSSR count). The summed E-state index contributed by atoms with van der Waals surface area (Å²) in [5, 5.41) is 0.349. The summed E-state index contributed by atoms with van der Waals surface area (Å²) >= 11 is 5.84. The Labute approximate surface area is 83.4 Å². The van der Waals surface area contributed by atoms with Crippen molar-refractivity contribution in [1.29, 1.82) is 0 Å². The van der Waals surface area contributed by atoms with E-state index in [4.69, 9.17) is 18.0 Å². The van der Waals surface area contributed by atoms with Gasteiger partial charge < -0.3 is 0 Å². The fraction of sp³-hybridized carbons (Fsp3) is 0.400. The van der Waals surface area contributed by atoms with Gasteiger partial charge in [-0.25, -0.2) is 9.97 Å². The van der Waals surface area contributed by atoms with Crippen molar-refractivity contribution in [3.8, 4) is 12.3 Å². The van der Waals surface area contributed by atoms with Crippen molar-refractivity contribution in [2.24, 2.45) is 0 Å². The predicted octanol–water partition coefficient (Wildman–Crippen LogP) is 2.41. The summed E-state index contributed by atoms with van der Waals surface area (Å²) in [5.41, 5.74) is 0.436. The maximum absolute atomic E-state index is 5.84. The van der Waals surface area contributed by atoms with E-state index in [2.05, 4.69) is 15.9 Å². The van der Waals surface area contributed by atoms with Gasteiger partial charge in [-0.2, -0.15) is 0 Å². The third-order valence-corrected chi connectivity index (χ3v) is 1.86. The number of rotatable bonds is 0. The smallest absolute Gasteiger partial charge is 0.148 e. The van der Waals surface area contributed by atoms with Crippen molar-refractivity contribution in [2.45, 2.75) is 26.2 Å². The summed E-state index contributed by atoms with van der Waals surface area (Å²) < 4.78 is 0. The number of nitrogens with zero attached hydrogens (tertiary/aromatic N) is 2. The van der Waals surface area contributed by atoms with E-state index < -0.39 is 0 Å². The molecule has 13 heavy (non-hydrogen) atoms. The molecule has 3 heteroatoms. The van der Waals surface area contributed by atoms with Crippen LogP contribution in [0.25, 0.3) is 0 Å². The number of terminal acetylenes is 1. The number of hydrogen-bond donors (Lipinski definition) is 0. The van der Waals surface area contributed by atoms with E-state index in [0.717, 1.165) is 0 Å². The second kappa shape index (κ2) is 3.35. The highest BCUT2D eigenvalue weighted by Gasteiger charge is 2.18. The van der Waals surface area contributed by atoms with Gasteiger partial charge in [-0.1, -0.05) is 38.3 Å². The standard InChI is InChI=1S/C10H11ClN2/c1-5-7-6-12-9(10(2,3)4)13-8(7)11/h1,6H,2-4H3. The normalized spacial score (nSPS) is 11.0. The average molecular weight is 195 g/mol. The topological polar surface area (TPSA) is 25.8 Å². The van der Waals surface area contributed by atoms with Crippen molar-refractivity contribution in [1.82, 2.24) is 9.97 Å². The Balaban J connectivity index is 3.20. The minimum absolute atomic E-state index is 0.100. The first kappa shape index (κ1) is 10.0. The largest absolute Gasteiger partial charge is 0.239 e. The molecule has 1 heterocycles. The molecule has 0 amide bonds. The van der Waals surface area contributed by atoms with E-state index in [1.54, 1.807) is 6.20 Å². The van der Waals surface area contributed by atoms with E-state index in [1.165, 1.54) is 0 Å². The molecular weight excluding hydrogens is 184 g/mol. The molecule has 0 aromatic carbocycles. The number of aromatic nitrogens is 2. The van der Waals surface area contributed by atoms with Crippen molar-refractivity contribution in [2.75, 3.05) is 0 Å². The fourth-order valence-electron chi connectivity index (χ4n) is 0.819. The Morgan fingerprint density at radius 1 is 1.46 bits per heavy atom. The van der Waals surface area contributed by atoms with Crippen molar-refractivity contribution in [3.05, 3.63) is 22.7 Å². The van der Waals surface area contributed by atoms with Crippen LogP contribution in [0.15, 0.2) is 6.20 Å². The summed E-state index contributed by atoms with van der Waals surface area (Å²) in [6.07, 6.45) is 6.77. The maximum atomic E-state index is 5.84. The Hall–Kier alpha value is -1.07. The Bertz CT molecular complexity index is 358. The SMILES string of the molecule is C#Cc1cnc(C(C)(C)C)nc1Cl. The Morgan fingerprint density at radius 3 is 2.46 bits per heavy atom. The first-order valence-electron chi connectivity index (χ1n) is 3.95. The van der Waals surface area contributed by atoms with E-state index >= 15 is 0 Å². The zero-order valence-corrected chi connectivity index (χ0v) is 8.68. The lowest BCUT2D eigenvalue weighted by Crippen LogP contribution is -2.16. The maximum Gasteiger partial charge on any atom is 0.148 e. The zero-order valence-electron chi connectivity index (χ0n) is 7.93. The summed E-state index contributed by atoms with van der Waals surface area (Å²) in [6.45, 7) is 6.07. The Morgan fingerprint density at radius 2 is 2.08 bits per heavy atom. The first-order chi connectivity index (χ1) is 5.95. The van der Waals surface area contributed by atoms with E-state index in [0.29, 0.717) is 16.5 Å². The third kappa shape index (κ3) is 2.19. The van der Waals surface area contributed by atoms with Gasteiger partial charge in [-0.15, -0.1) is 6.42 Å². The monoisotopic (exact) mass is 194 g/mol. The molecule has 0 aliphatic rings. The summed E-state index contributed by atoms with van der Waals surface area (Å²) in [4.78, 5) is 8.27. The van der Waals surface area contributed by atoms with Crippen LogP contribution in [0.1, 0.15) is 32.2 Å².